The van der Waals surface area contributed by atoms with Crippen LogP contribution in [0, 0.1) is 11.3 Å². The van der Waals surface area contributed by atoms with Gasteiger partial charge in [0, 0.05) is 12.8 Å². The van der Waals surface area contributed by atoms with Gasteiger partial charge >= 0.3 is 0 Å². The summed E-state index contributed by atoms with van der Waals surface area (Å²) in [7, 11) is -6.90. The first-order chi connectivity index (χ1) is 6.19. The Morgan fingerprint density at radius 3 is 2.21 bits per heavy atom. The topological polar surface area (TPSA) is 104 Å². The molecule has 0 aromatic carbocycles. The Labute approximate surface area is 83.9 Å². The maximum Gasteiger partial charge on any atom is 0.227 e. The van der Waals surface area contributed by atoms with Gasteiger partial charge < -0.3 is 0 Å². The zero-order chi connectivity index (χ0) is 11.4. The van der Waals surface area contributed by atoms with Crippen molar-refractivity contribution in [2.45, 2.75) is 12.2 Å². The SMILES string of the molecule is CC(C#N)S(=O)(=O)NCCS(C)(=O)=O. The maximum absolute atomic E-state index is 11.1. The van der Waals surface area contributed by atoms with Gasteiger partial charge in [0.2, 0.25) is 10.0 Å². The molecule has 0 aliphatic rings. The number of hydrogen-bond donors (Lipinski definition) is 1. The van der Waals surface area contributed by atoms with Crippen LogP contribution < -0.4 is 4.72 Å². The van der Waals surface area contributed by atoms with Gasteiger partial charge in [-0.05, 0) is 6.92 Å². The molecule has 1 atom stereocenters. The highest BCUT2D eigenvalue weighted by atomic mass is 32.2. The second-order valence-electron chi connectivity index (χ2n) is 2.84. The Balaban J connectivity index is 4.24. The van der Waals surface area contributed by atoms with Crippen molar-refractivity contribution in [3.8, 4) is 6.07 Å². The summed E-state index contributed by atoms with van der Waals surface area (Å²) in [5.74, 6) is -0.273. The van der Waals surface area contributed by atoms with Crippen molar-refractivity contribution in [2.24, 2.45) is 0 Å². The third-order valence-electron chi connectivity index (χ3n) is 1.42. The molecule has 14 heavy (non-hydrogen) atoms. The number of nitriles is 1. The molecule has 0 aromatic heterocycles. The number of nitrogens with one attached hydrogen (secondary N) is 1. The van der Waals surface area contributed by atoms with Crippen LogP contribution in [-0.4, -0.2) is 40.6 Å². The molecule has 0 fully saturated rings. The largest absolute Gasteiger partial charge is 0.229 e. The van der Waals surface area contributed by atoms with E-state index in [4.69, 9.17) is 5.26 Å². The Bertz CT molecular complexity index is 417. The van der Waals surface area contributed by atoms with E-state index in [0.717, 1.165) is 6.26 Å². The standard InChI is InChI=1S/C6H12N2O4S2/c1-6(5-7)14(11,12)8-3-4-13(2,9)10/h6,8H,3-4H2,1-2H3. The summed E-state index contributed by atoms with van der Waals surface area (Å²) >= 11 is 0. The zero-order valence-electron chi connectivity index (χ0n) is 7.89. The van der Waals surface area contributed by atoms with E-state index in [1.54, 1.807) is 6.07 Å². The first kappa shape index (κ1) is 13.4. The van der Waals surface area contributed by atoms with Crippen LogP contribution in [-0.2, 0) is 19.9 Å². The predicted octanol–water partition coefficient (Wildman–Crippen LogP) is -1.14. The molecule has 0 aliphatic carbocycles. The van der Waals surface area contributed by atoms with Gasteiger partial charge in [0.1, 0.15) is 9.84 Å². The van der Waals surface area contributed by atoms with E-state index in [0.29, 0.717) is 0 Å². The van der Waals surface area contributed by atoms with Crippen LogP contribution in [0.2, 0.25) is 0 Å². The summed E-state index contributed by atoms with van der Waals surface area (Å²) in [6.45, 7) is 1.02. The first-order valence-electron chi connectivity index (χ1n) is 3.75. The highest BCUT2D eigenvalue weighted by Gasteiger charge is 2.19. The normalized spacial score (nSPS) is 14.6. The summed E-state index contributed by atoms with van der Waals surface area (Å²) in [6, 6.07) is 1.55. The van der Waals surface area contributed by atoms with Gasteiger partial charge in [-0.1, -0.05) is 0 Å². The second kappa shape index (κ2) is 4.72. The molecule has 0 rings (SSSR count). The Morgan fingerprint density at radius 1 is 1.36 bits per heavy atom. The van der Waals surface area contributed by atoms with Crippen LogP contribution in [0.4, 0.5) is 0 Å². The average Bonchev–Trinajstić information content (AvgIpc) is 2.00. The van der Waals surface area contributed by atoms with Crippen molar-refractivity contribution in [1.29, 1.82) is 5.26 Å². The molecule has 82 valence electrons. The van der Waals surface area contributed by atoms with E-state index in [-0.39, 0.29) is 12.3 Å². The molecule has 0 heterocycles. The van der Waals surface area contributed by atoms with Crippen molar-refractivity contribution in [3.05, 3.63) is 0 Å². The number of sulfone groups is 1. The Morgan fingerprint density at radius 2 is 1.86 bits per heavy atom. The highest BCUT2D eigenvalue weighted by molar-refractivity contribution is 7.91. The van der Waals surface area contributed by atoms with Gasteiger partial charge in [-0.3, -0.25) is 0 Å². The Kier molecular flexibility index (Phi) is 4.51. The average molecular weight is 240 g/mol. The first-order valence-corrected chi connectivity index (χ1v) is 7.35. The highest BCUT2D eigenvalue weighted by Crippen LogP contribution is 1.95. The van der Waals surface area contributed by atoms with Crippen molar-refractivity contribution in [1.82, 2.24) is 4.72 Å². The van der Waals surface area contributed by atoms with E-state index >= 15 is 0 Å². The maximum atomic E-state index is 11.1. The molecular formula is C6H12N2O4S2. The van der Waals surface area contributed by atoms with Gasteiger partial charge in [0.25, 0.3) is 0 Å². The smallest absolute Gasteiger partial charge is 0.227 e. The molecule has 8 heteroatoms. The number of nitrogens with zero attached hydrogens (tertiary/aromatic N) is 1. The fraction of sp³-hybridized carbons (Fsp3) is 0.833. The lowest BCUT2D eigenvalue weighted by atomic mass is 10.5. The summed E-state index contributed by atoms with van der Waals surface area (Å²) in [6.07, 6.45) is 1.01. The van der Waals surface area contributed by atoms with Crippen LogP contribution in [0.1, 0.15) is 6.92 Å². The van der Waals surface area contributed by atoms with Crippen molar-refractivity contribution in [2.75, 3.05) is 18.6 Å². The minimum atomic E-state index is -3.71. The minimum Gasteiger partial charge on any atom is -0.229 e. The summed E-state index contributed by atoms with van der Waals surface area (Å²) in [5, 5.41) is 7.16. The molecule has 1 N–H and O–H groups in total. The van der Waals surface area contributed by atoms with E-state index in [1.165, 1.54) is 6.92 Å². The van der Waals surface area contributed by atoms with Crippen LogP contribution in [0.25, 0.3) is 0 Å². The fourth-order valence-corrected chi connectivity index (χ4v) is 1.94. The van der Waals surface area contributed by atoms with Gasteiger partial charge in [-0.25, -0.2) is 21.6 Å². The van der Waals surface area contributed by atoms with Crippen LogP contribution in [0.15, 0.2) is 0 Å². The second-order valence-corrected chi connectivity index (χ2v) is 7.19. The summed E-state index contributed by atoms with van der Waals surface area (Å²) in [5.41, 5.74) is 0. The molecule has 0 saturated heterocycles. The van der Waals surface area contributed by atoms with Gasteiger partial charge in [0.15, 0.2) is 5.25 Å². The molecule has 1 unspecified atom stereocenters. The van der Waals surface area contributed by atoms with E-state index in [2.05, 4.69) is 0 Å². The van der Waals surface area contributed by atoms with Crippen molar-refractivity contribution < 1.29 is 16.8 Å². The lowest BCUT2D eigenvalue weighted by Gasteiger charge is -2.06. The molecule has 0 radical (unpaired) electrons. The van der Waals surface area contributed by atoms with Crippen molar-refractivity contribution in [3.63, 3.8) is 0 Å². The molecule has 0 bridgehead atoms. The summed E-state index contributed by atoms with van der Waals surface area (Å²) in [4.78, 5) is 0. The molecule has 0 saturated carbocycles. The third kappa shape index (κ3) is 5.16. The molecular weight excluding hydrogens is 228 g/mol. The van der Waals surface area contributed by atoms with Gasteiger partial charge in [0.05, 0.1) is 11.8 Å². The summed E-state index contributed by atoms with van der Waals surface area (Å²) < 4.78 is 45.6. The molecule has 6 nitrogen and oxygen atoms in total. The van der Waals surface area contributed by atoms with E-state index < -0.39 is 25.1 Å². The quantitative estimate of drug-likeness (QED) is 0.654. The lowest BCUT2D eigenvalue weighted by Crippen LogP contribution is -2.34. The van der Waals surface area contributed by atoms with E-state index in [1.807, 2.05) is 4.72 Å². The van der Waals surface area contributed by atoms with E-state index in [9.17, 15) is 16.8 Å². The number of hydrogen-bond acceptors (Lipinski definition) is 5. The molecule has 0 spiro atoms. The Hall–Kier alpha value is -0.650. The third-order valence-corrected chi connectivity index (χ3v) is 4.01. The lowest BCUT2D eigenvalue weighted by molar-refractivity contribution is 0.578. The predicted molar refractivity (Wildman–Crippen MR) is 51.7 cm³/mol. The van der Waals surface area contributed by atoms with Gasteiger partial charge in [-0.2, -0.15) is 5.26 Å². The zero-order valence-corrected chi connectivity index (χ0v) is 9.52. The monoisotopic (exact) mass is 240 g/mol. The fourth-order valence-electron chi connectivity index (χ4n) is 0.564. The minimum absolute atomic E-state index is 0.201. The van der Waals surface area contributed by atoms with Crippen LogP contribution in [0.5, 0.6) is 0 Å². The number of sulfonamides is 1. The van der Waals surface area contributed by atoms with Crippen molar-refractivity contribution >= 4 is 19.9 Å². The molecule has 0 aliphatic heterocycles. The number of rotatable bonds is 5. The van der Waals surface area contributed by atoms with Crippen LogP contribution in [0.3, 0.4) is 0 Å². The molecule has 0 aromatic rings. The molecule has 0 amide bonds. The van der Waals surface area contributed by atoms with Crippen LogP contribution >= 0.6 is 0 Å². The van der Waals surface area contributed by atoms with Gasteiger partial charge in [-0.15, -0.1) is 0 Å².